The molecular weight excluding hydrogens is 398 g/mol. The third-order valence-electron chi connectivity index (χ3n) is 4.54. The molecule has 0 saturated carbocycles. The Balaban J connectivity index is 2.30. The highest BCUT2D eigenvalue weighted by Gasteiger charge is 2.47. The van der Waals surface area contributed by atoms with E-state index in [0.29, 0.717) is 0 Å². The number of nitrogens with one attached hydrogen (secondary N) is 1. The Labute approximate surface area is 169 Å². The zero-order valence-corrected chi connectivity index (χ0v) is 15.8. The van der Waals surface area contributed by atoms with Gasteiger partial charge in [-0.05, 0) is 19.1 Å². The first-order valence-corrected chi connectivity index (χ1v) is 8.67. The molecule has 0 spiro atoms. The second kappa shape index (κ2) is 7.66. The van der Waals surface area contributed by atoms with Crippen LogP contribution in [0.4, 0.5) is 11.4 Å². The predicted octanol–water partition coefficient (Wildman–Crippen LogP) is 2.05. The Morgan fingerprint density at radius 2 is 1.97 bits per heavy atom. The fraction of sp³-hybridized carbons (Fsp3) is 0.167. The highest BCUT2D eigenvalue weighted by molar-refractivity contribution is 7.80. The van der Waals surface area contributed by atoms with Gasteiger partial charge in [0, 0.05) is 28.8 Å². The summed E-state index contributed by atoms with van der Waals surface area (Å²) in [5.41, 5.74) is -0.248. The number of nitro benzene ring substituents is 2. The summed E-state index contributed by atoms with van der Waals surface area (Å²) in [6.45, 7) is 1.81. The lowest BCUT2D eigenvalue weighted by atomic mass is 9.81. The average Bonchev–Trinajstić information content (AvgIpc) is 2.66. The molecule has 1 aromatic heterocycles. The molecule has 29 heavy (non-hydrogen) atoms. The number of hydrogen-bond acceptors (Lipinski definition) is 6. The van der Waals surface area contributed by atoms with Gasteiger partial charge in [0.25, 0.3) is 17.3 Å². The maximum Gasteiger partial charge on any atom is 0.295 e. The quantitative estimate of drug-likeness (QED) is 0.204. The summed E-state index contributed by atoms with van der Waals surface area (Å²) in [7, 11) is 0. The molecule has 1 aliphatic heterocycles. The average molecular weight is 411 g/mol. The van der Waals surface area contributed by atoms with Crippen molar-refractivity contribution in [2.75, 3.05) is 0 Å². The topological polar surface area (TPSA) is 142 Å². The third-order valence-corrected chi connectivity index (χ3v) is 4.87. The van der Waals surface area contributed by atoms with Crippen LogP contribution in [0, 0.1) is 27.2 Å². The number of aromatic nitrogens is 1. The van der Waals surface area contributed by atoms with Gasteiger partial charge < -0.3 is 10.7 Å². The molecular formula is C18H13N5O5S. The highest BCUT2D eigenvalue weighted by atomic mass is 32.1. The van der Waals surface area contributed by atoms with Crippen molar-refractivity contribution < 1.29 is 19.2 Å². The number of amides is 1. The number of carbonyl (C=O) groups excluding carboxylic acids is 1. The molecule has 2 aromatic rings. The number of carbonyl (C=O) groups is 1. The SMILES string of the molecule is Cc1ccc[n+](C2C(=O)NC(=S)C(=C=[N-])C2c2ccc([N+](=O)[O-])cc2[N+](=O)[O-])c1. The van der Waals surface area contributed by atoms with Crippen LogP contribution in [0.1, 0.15) is 23.1 Å². The molecule has 2 atom stereocenters. The van der Waals surface area contributed by atoms with E-state index in [1.165, 1.54) is 6.07 Å². The van der Waals surface area contributed by atoms with Crippen molar-refractivity contribution in [3.63, 3.8) is 0 Å². The molecule has 1 fully saturated rings. The van der Waals surface area contributed by atoms with Gasteiger partial charge in [0.2, 0.25) is 6.04 Å². The van der Waals surface area contributed by atoms with Gasteiger partial charge in [-0.2, -0.15) is 4.57 Å². The molecule has 0 aliphatic carbocycles. The molecule has 3 rings (SSSR count). The van der Waals surface area contributed by atoms with Gasteiger partial charge in [0.1, 0.15) is 4.99 Å². The van der Waals surface area contributed by atoms with Gasteiger partial charge in [0.05, 0.1) is 21.8 Å². The lowest BCUT2D eigenvalue weighted by Gasteiger charge is -2.30. The van der Waals surface area contributed by atoms with E-state index in [1.807, 2.05) is 5.87 Å². The molecule has 11 heteroatoms. The van der Waals surface area contributed by atoms with Gasteiger partial charge in [-0.3, -0.25) is 30.9 Å². The van der Waals surface area contributed by atoms with E-state index < -0.39 is 39.1 Å². The summed E-state index contributed by atoms with van der Waals surface area (Å²) >= 11 is 5.11. The normalized spacial score (nSPS) is 18.7. The number of pyridine rings is 1. The molecule has 2 heterocycles. The summed E-state index contributed by atoms with van der Waals surface area (Å²) < 4.78 is 1.54. The standard InChI is InChI=1S/C18H13N5O5S/c1-10-3-2-6-21(9-10)16-15(13(8-19)18(29)20-17(16)24)12-5-4-11(22(25)26)7-14(12)23(27)28/h2-7,9,15-16H,1H3,(H,20,24,29). The number of piperidine rings is 1. The molecule has 1 aliphatic rings. The van der Waals surface area contributed by atoms with E-state index in [1.54, 1.807) is 36.0 Å². The number of nitrogens with zero attached hydrogens (tertiary/aromatic N) is 4. The number of nitro groups is 2. The molecule has 1 aromatic carbocycles. The zero-order valence-electron chi connectivity index (χ0n) is 14.9. The number of benzene rings is 1. The van der Waals surface area contributed by atoms with Crippen molar-refractivity contribution in [3.8, 4) is 0 Å². The number of thiocarbonyl (C=S) groups is 1. The zero-order chi connectivity index (χ0) is 21.3. The summed E-state index contributed by atoms with van der Waals surface area (Å²) in [6, 6.07) is 5.57. The van der Waals surface area contributed by atoms with E-state index in [4.69, 9.17) is 12.2 Å². The van der Waals surface area contributed by atoms with Crippen LogP contribution >= 0.6 is 12.2 Å². The maximum absolute atomic E-state index is 12.8. The van der Waals surface area contributed by atoms with E-state index >= 15 is 0 Å². The Morgan fingerprint density at radius 3 is 2.55 bits per heavy atom. The van der Waals surface area contributed by atoms with Crippen LogP contribution in [0.15, 0.2) is 48.3 Å². The van der Waals surface area contributed by atoms with Crippen LogP contribution in [0.25, 0.3) is 5.41 Å². The van der Waals surface area contributed by atoms with Crippen molar-refractivity contribution in [1.29, 1.82) is 0 Å². The fourth-order valence-electron chi connectivity index (χ4n) is 3.31. The summed E-state index contributed by atoms with van der Waals surface area (Å²) in [5.74, 6) is 0.303. The molecule has 2 unspecified atom stereocenters. The van der Waals surface area contributed by atoms with Crippen molar-refractivity contribution in [3.05, 3.63) is 85.1 Å². The predicted molar refractivity (Wildman–Crippen MR) is 106 cm³/mol. The molecule has 1 saturated heterocycles. The van der Waals surface area contributed by atoms with Gasteiger partial charge in [-0.15, -0.1) is 0 Å². The van der Waals surface area contributed by atoms with E-state index in [9.17, 15) is 30.4 Å². The first kappa shape index (κ1) is 19.9. The van der Waals surface area contributed by atoms with E-state index in [-0.39, 0.29) is 16.1 Å². The second-order valence-corrected chi connectivity index (χ2v) is 6.76. The highest BCUT2D eigenvalue weighted by Crippen LogP contribution is 2.40. The number of non-ortho nitro benzene ring substituents is 1. The Bertz CT molecular complexity index is 1130. The minimum atomic E-state index is -1.09. The van der Waals surface area contributed by atoms with Crippen molar-refractivity contribution in [2.45, 2.75) is 18.9 Å². The fourth-order valence-corrected chi connectivity index (χ4v) is 3.59. The smallest absolute Gasteiger partial charge is 0.295 e. The van der Waals surface area contributed by atoms with Crippen LogP contribution in [-0.2, 0) is 4.79 Å². The third kappa shape index (κ3) is 3.64. The minimum absolute atomic E-state index is 0.00615. The van der Waals surface area contributed by atoms with Gasteiger partial charge >= 0.3 is 0 Å². The lowest BCUT2D eigenvalue weighted by Crippen LogP contribution is -2.56. The minimum Gasteiger partial charge on any atom is -0.763 e. The van der Waals surface area contributed by atoms with Gasteiger partial charge in [-0.1, -0.05) is 12.2 Å². The maximum atomic E-state index is 12.8. The Kier molecular flexibility index (Phi) is 5.26. The molecule has 1 N–H and O–H groups in total. The molecule has 146 valence electrons. The largest absolute Gasteiger partial charge is 0.763 e. The van der Waals surface area contributed by atoms with Gasteiger partial charge in [0.15, 0.2) is 12.4 Å². The molecule has 10 nitrogen and oxygen atoms in total. The first-order chi connectivity index (χ1) is 13.7. The van der Waals surface area contributed by atoms with Crippen LogP contribution < -0.4 is 9.88 Å². The molecule has 0 radical (unpaired) electrons. The van der Waals surface area contributed by atoms with Crippen LogP contribution in [0.3, 0.4) is 0 Å². The summed E-state index contributed by atoms with van der Waals surface area (Å²) in [6.07, 6.45) is 3.27. The first-order valence-electron chi connectivity index (χ1n) is 8.27. The number of hydrogen-bond donors (Lipinski definition) is 1. The lowest BCUT2D eigenvalue weighted by molar-refractivity contribution is -0.711. The van der Waals surface area contributed by atoms with E-state index in [0.717, 1.165) is 17.7 Å². The van der Waals surface area contributed by atoms with Crippen molar-refractivity contribution in [2.24, 2.45) is 0 Å². The van der Waals surface area contributed by atoms with E-state index in [2.05, 4.69) is 5.32 Å². The Morgan fingerprint density at radius 1 is 1.24 bits per heavy atom. The summed E-state index contributed by atoms with van der Waals surface area (Å²) in [4.78, 5) is 33.8. The van der Waals surface area contributed by atoms with Crippen LogP contribution in [0.2, 0.25) is 0 Å². The number of rotatable bonds is 4. The van der Waals surface area contributed by atoms with Crippen molar-refractivity contribution in [1.82, 2.24) is 5.32 Å². The number of aryl methyl sites for hydroxylation is 1. The summed E-state index contributed by atoms with van der Waals surface area (Å²) in [5, 5.41) is 34.8. The van der Waals surface area contributed by atoms with Crippen LogP contribution in [-0.4, -0.2) is 26.6 Å². The Hall–Kier alpha value is -3.82. The van der Waals surface area contributed by atoms with Crippen LogP contribution in [0.5, 0.6) is 0 Å². The van der Waals surface area contributed by atoms with Gasteiger partial charge in [-0.25, -0.2) is 0 Å². The second-order valence-electron chi connectivity index (χ2n) is 6.35. The molecule has 1 amide bonds. The monoisotopic (exact) mass is 411 g/mol. The van der Waals surface area contributed by atoms with Crippen molar-refractivity contribution >= 4 is 40.4 Å². The molecule has 0 bridgehead atoms.